The Balaban J connectivity index is 1.73. The minimum Gasteiger partial charge on any atom is -0.376 e. The van der Waals surface area contributed by atoms with Gasteiger partial charge in [-0.1, -0.05) is 18.2 Å². The Bertz CT molecular complexity index is 1190. The number of fused-ring (bicyclic) bond motifs is 1. The third kappa shape index (κ3) is 3.19. The number of halogens is 1. The van der Waals surface area contributed by atoms with Crippen LogP contribution in [0.3, 0.4) is 0 Å². The molecule has 0 spiro atoms. The molecule has 160 valence electrons. The first-order valence-corrected chi connectivity index (χ1v) is 10.9. The monoisotopic (exact) mass is 418 g/mol. The van der Waals surface area contributed by atoms with Crippen LogP contribution in [0.5, 0.6) is 0 Å². The molecule has 4 nitrogen and oxygen atoms in total. The van der Waals surface area contributed by atoms with Crippen molar-refractivity contribution >= 4 is 16.8 Å². The second-order valence-electron chi connectivity index (χ2n) is 8.65. The largest absolute Gasteiger partial charge is 0.376 e. The van der Waals surface area contributed by atoms with E-state index in [1.54, 1.807) is 0 Å². The lowest BCUT2D eigenvalue weighted by atomic mass is 9.93. The first-order chi connectivity index (χ1) is 15.0. The summed E-state index contributed by atoms with van der Waals surface area (Å²) in [5.74, 6) is -0.178. The van der Waals surface area contributed by atoms with Crippen LogP contribution < -0.4 is 0 Å². The molecular formula is C26H27FN2O2. The van der Waals surface area contributed by atoms with Crippen molar-refractivity contribution in [2.24, 2.45) is 7.05 Å². The molecule has 0 aliphatic carbocycles. The van der Waals surface area contributed by atoms with E-state index in [9.17, 15) is 9.18 Å². The van der Waals surface area contributed by atoms with Crippen LogP contribution in [0.25, 0.3) is 22.2 Å². The normalized spacial score (nSPS) is 21.7. The second kappa shape index (κ2) is 7.65. The summed E-state index contributed by atoms with van der Waals surface area (Å²) in [5.41, 5.74) is 6.04. The first-order valence-electron chi connectivity index (χ1n) is 10.9. The highest BCUT2D eigenvalue weighted by Gasteiger charge is 2.40. The lowest BCUT2D eigenvalue weighted by molar-refractivity contribution is -0.128. The van der Waals surface area contributed by atoms with Gasteiger partial charge in [0.1, 0.15) is 5.82 Å². The van der Waals surface area contributed by atoms with Crippen LogP contribution in [-0.2, 0) is 16.6 Å². The maximum Gasteiger partial charge on any atom is 0.250 e. The maximum atomic E-state index is 13.7. The van der Waals surface area contributed by atoms with Crippen molar-refractivity contribution < 1.29 is 13.9 Å². The number of amides is 1. The Hall–Kier alpha value is -2.92. The molecule has 2 unspecified atom stereocenters. The quantitative estimate of drug-likeness (QED) is 0.570. The third-order valence-corrected chi connectivity index (χ3v) is 6.86. The fourth-order valence-corrected chi connectivity index (χ4v) is 5.16. The van der Waals surface area contributed by atoms with E-state index in [2.05, 4.69) is 23.6 Å². The van der Waals surface area contributed by atoms with Crippen LogP contribution in [-0.4, -0.2) is 34.6 Å². The highest BCUT2D eigenvalue weighted by Crippen LogP contribution is 2.46. The van der Waals surface area contributed by atoms with Crippen LogP contribution in [0, 0.1) is 5.82 Å². The van der Waals surface area contributed by atoms with E-state index in [-0.39, 0.29) is 23.9 Å². The Kier molecular flexibility index (Phi) is 4.94. The van der Waals surface area contributed by atoms with Gasteiger partial charge in [-0.3, -0.25) is 4.79 Å². The van der Waals surface area contributed by atoms with Gasteiger partial charge in [0.05, 0.1) is 17.8 Å². The molecule has 3 aromatic rings. The van der Waals surface area contributed by atoms with E-state index < -0.39 is 0 Å². The molecule has 1 amide bonds. The molecule has 5 rings (SSSR count). The van der Waals surface area contributed by atoms with Gasteiger partial charge in [-0.15, -0.1) is 0 Å². The number of ether oxygens (including phenoxy) is 1. The zero-order valence-corrected chi connectivity index (χ0v) is 18.2. The number of hydrogen-bond donors (Lipinski definition) is 0. The predicted molar refractivity (Wildman–Crippen MR) is 120 cm³/mol. The highest BCUT2D eigenvalue weighted by molar-refractivity contribution is 6.00. The summed E-state index contributed by atoms with van der Waals surface area (Å²) in [4.78, 5) is 15.3. The van der Waals surface area contributed by atoms with Gasteiger partial charge in [0, 0.05) is 42.2 Å². The second-order valence-corrected chi connectivity index (χ2v) is 8.65. The van der Waals surface area contributed by atoms with Gasteiger partial charge < -0.3 is 14.2 Å². The average Bonchev–Trinajstić information content (AvgIpc) is 3.44. The van der Waals surface area contributed by atoms with Gasteiger partial charge in [-0.25, -0.2) is 4.39 Å². The molecule has 2 aliphatic heterocycles. The van der Waals surface area contributed by atoms with E-state index in [4.69, 9.17) is 4.74 Å². The summed E-state index contributed by atoms with van der Waals surface area (Å²) in [6.07, 6.45) is 2.10. The Labute approximate surface area is 181 Å². The number of carbonyl (C=O) groups is 1. The molecular weight excluding hydrogens is 391 g/mol. The summed E-state index contributed by atoms with van der Waals surface area (Å²) < 4.78 is 21.7. The Morgan fingerprint density at radius 3 is 2.55 bits per heavy atom. The molecule has 1 aromatic heterocycles. The molecule has 5 heteroatoms. The first kappa shape index (κ1) is 20.0. The van der Waals surface area contributed by atoms with Gasteiger partial charge in [-0.05, 0) is 68.2 Å². The van der Waals surface area contributed by atoms with Crippen LogP contribution in [0.1, 0.15) is 38.3 Å². The predicted octanol–water partition coefficient (Wildman–Crippen LogP) is 5.38. The van der Waals surface area contributed by atoms with E-state index >= 15 is 0 Å². The maximum absolute atomic E-state index is 13.7. The van der Waals surface area contributed by atoms with Crippen LogP contribution in [0.4, 0.5) is 4.39 Å². The Morgan fingerprint density at radius 1 is 1.10 bits per heavy atom. The van der Waals surface area contributed by atoms with Crippen molar-refractivity contribution in [2.45, 2.75) is 38.8 Å². The third-order valence-electron chi connectivity index (χ3n) is 6.86. The van der Waals surface area contributed by atoms with Crippen molar-refractivity contribution in [2.75, 3.05) is 13.2 Å². The lowest BCUT2D eigenvalue weighted by Crippen LogP contribution is -2.36. The lowest BCUT2D eigenvalue weighted by Gasteiger charge is -2.30. The highest BCUT2D eigenvalue weighted by atomic mass is 19.1. The number of aryl methyl sites for hydroxylation is 1. The van der Waals surface area contributed by atoms with Gasteiger partial charge in [0.25, 0.3) is 0 Å². The standard InChI is InChI=1S/C26H27FN2O2/c1-16-17(2)26(30)29(15-20-7-6-14-31-20)24(16)23-21-8-4-5-9-22(21)28(3)25(23)18-10-12-19(27)13-11-18/h4-5,8-13,20,24H,6-7,14-15H2,1-3H3. The van der Waals surface area contributed by atoms with Gasteiger partial charge in [-0.2, -0.15) is 0 Å². The van der Waals surface area contributed by atoms with E-state index in [0.29, 0.717) is 6.54 Å². The van der Waals surface area contributed by atoms with Crippen molar-refractivity contribution in [3.05, 3.63) is 71.1 Å². The topological polar surface area (TPSA) is 34.5 Å². The average molecular weight is 419 g/mol. The van der Waals surface area contributed by atoms with Gasteiger partial charge in [0.15, 0.2) is 0 Å². The molecule has 1 fully saturated rings. The molecule has 2 atom stereocenters. The van der Waals surface area contributed by atoms with E-state index in [1.165, 1.54) is 12.1 Å². The molecule has 0 saturated carbocycles. The van der Waals surface area contributed by atoms with Crippen molar-refractivity contribution in [3.63, 3.8) is 0 Å². The van der Waals surface area contributed by atoms with Crippen LogP contribution >= 0.6 is 0 Å². The summed E-state index contributed by atoms with van der Waals surface area (Å²) in [5, 5.41) is 1.12. The molecule has 3 heterocycles. The number of hydrogen-bond acceptors (Lipinski definition) is 2. The summed E-state index contributed by atoms with van der Waals surface area (Å²) in [6.45, 7) is 5.33. The zero-order valence-electron chi connectivity index (χ0n) is 18.2. The molecule has 0 bridgehead atoms. The number of rotatable bonds is 4. The van der Waals surface area contributed by atoms with E-state index in [0.717, 1.165) is 58.3 Å². The molecule has 0 radical (unpaired) electrons. The minimum atomic E-state index is -0.257. The SMILES string of the molecule is CC1=C(C)C(c2c(-c3ccc(F)cc3)n(C)c3ccccc23)N(CC2CCCO2)C1=O. The minimum absolute atomic E-state index is 0.0781. The zero-order chi connectivity index (χ0) is 21.7. The van der Waals surface area contributed by atoms with Crippen LogP contribution in [0.15, 0.2) is 59.7 Å². The fourth-order valence-electron chi connectivity index (χ4n) is 5.16. The molecule has 2 aliphatic rings. The smallest absolute Gasteiger partial charge is 0.250 e. The number of benzene rings is 2. The Morgan fingerprint density at radius 2 is 1.84 bits per heavy atom. The van der Waals surface area contributed by atoms with E-state index in [1.807, 2.05) is 43.1 Å². The summed E-state index contributed by atoms with van der Waals surface area (Å²) in [6, 6.07) is 14.7. The molecule has 31 heavy (non-hydrogen) atoms. The number of nitrogens with zero attached hydrogens (tertiary/aromatic N) is 2. The van der Waals surface area contributed by atoms with Crippen molar-refractivity contribution in [1.29, 1.82) is 0 Å². The summed E-state index contributed by atoms with van der Waals surface area (Å²) in [7, 11) is 2.04. The van der Waals surface area contributed by atoms with Gasteiger partial charge in [0.2, 0.25) is 5.91 Å². The molecule has 0 N–H and O–H groups in total. The molecule has 2 aromatic carbocycles. The van der Waals surface area contributed by atoms with Crippen LogP contribution in [0.2, 0.25) is 0 Å². The number of para-hydroxylation sites is 1. The molecule has 1 saturated heterocycles. The number of carbonyl (C=O) groups excluding carboxylic acids is 1. The summed E-state index contributed by atoms with van der Waals surface area (Å²) >= 11 is 0. The van der Waals surface area contributed by atoms with Crippen molar-refractivity contribution in [1.82, 2.24) is 9.47 Å². The number of aromatic nitrogens is 1. The van der Waals surface area contributed by atoms with Crippen molar-refractivity contribution in [3.8, 4) is 11.3 Å². The van der Waals surface area contributed by atoms with Gasteiger partial charge >= 0.3 is 0 Å². The fraction of sp³-hybridized carbons (Fsp3) is 0.346.